The number of pyridine rings is 1. The summed E-state index contributed by atoms with van der Waals surface area (Å²) in [6.45, 7) is 3.60. The molecule has 0 atom stereocenters. The van der Waals surface area contributed by atoms with Gasteiger partial charge < -0.3 is 4.98 Å². The van der Waals surface area contributed by atoms with Gasteiger partial charge in [0.05, 0.1) is 5.69 Å². The molecule has 0 fully saturated rings. The summed E-state index contributed by atoms with van der Waals surface area (Å²) >= 11 is 0. The average Bonchev–Trinajstić information content (AvgIpc) is 2.03. The van der Waals surface area contributed by atoms with E-state index >= 15 is 0 Å². The Balaban J connectivity index is 3.04. The summed E-state index contributed by atoms with van der Waals surface area (Å²) in [5.74, 6) is -0.115. The summed E-state index contributed by atoms with van der Waals surface area (Å²) in [7, 11) is 0. The first-order valence-electron chi connectivity index (χ1n) is 3.85. The molecule has 12 heavy (non-hydrogen) atoms. The Morgan fingerprint density at radius 2 is 2.08 bits per heavy atom. The van der Waals surface area contributed by atoms with Crippen LogP contribution in [0, 0.1) is 5.92 Å². The lowest BCUT2D eigenvalue weighted by molar-refractivity contribution is 0.0934. The highest BCUT2D eigenvalue weighted by molar-refractivity contribution is 5.95. The Bertz CT molecular complexity index is 338. The molecular weight excluding hydrogens is 154 g/mol. The van der Waals surface area contributed by atoms with Crippen molar-refractivity contribution in [1.29, 1.82) is 0 Å². The summed E-state index contributed by atoms with van der Waals surface area (Å²) in [4.78, 5) is 24.6. The number of carbonyl (C=O) groups excluding carboxylic acids is 1. The summed E-state index contributed by atoms with van der Waals surface area (Å²) in [5, 5.41) is 0. The van der Waals surface area contributed by atoms with Crippen LogP contribution in [0.5, 0.6) is 0 Å². The first-order valence-corrected chi connectivity index (χ1v) is 3.85. The second-order valence-corrected chi connectivity index (χ2v) is 2.95. The number of H-pyrrole nitrogens is 1. The van der Waals surface area contributed by atoms with Crippen molar-refractivity contribution in [3.8, 4) is 0 Å². The minimum Gasteiger partial charge on any atom is -0.319 e. The van der Waals surface area contributed by atoms with Crippen LogP contribution in [-0.4, -0.2) is 10.8 Å². The van der Waals surface area contributed by atoms with Gasteiger partial charge in [-0.25, -0.2) is 0 Å². The maximum Gasteiger partial charge on any atom is 0.248 e. The van der Waals surface area contributed by atoms with Gasteiger partial charge in [-0.15, -0.1) is 0 Å². The van der Waals surface area contributed by atoms with Crippen molar-refractivity contribution in [3.63, 3.8) is 0 Å². The third-order valence-electron chi connectivity index (χ3n) is 1.56. The number of hydrogen-bond donors (Lipinski definition) is 1. The molecule has 1 N–H and O–H groups in total. The molecular formula is C9H11NO2. The molecule has 1 heterocycles. The highest BCUT2D eigenvalue weighted by atomic mass is 16.1. The van der Waals surface area contributed by atoms with E-state index in [2.05, 4.69) is 4.98 Å². The van der Waals surface area contributed by atoms with E-state index in [1.54, 1.807) is 26.0 Å². The van der Waals surface area contributed by atoms with Crippen LogP contribution in [0.4, 0.5) is 0 Å². The lowest BCUT2D eigenvalue weighted by atomic mass is 10.1. The van der Waals surface area contributed by atoms with Gasteiger partial charge in [-0.3, -0.25) is 9.59 Å². The molecule has 0 aliphatic rings. The molecule has 3 nitrogen and oxygen atoms in total. The monoisotopic (exact) mass is 165 g/mol. The van der Waals surface area contributed by atoms with E-state index in [1.165, 1.54) is 6.07 Å². The van der Waals surface area contributed by atoms with Crippen molar-refractivity contribution >= 4 is 5.78 Å². The maximum absolute atomic E-state index is 11.3. The second kappa shape index (κ2) is 3.34. The predicted octanol–water partition coefficient (Wildman–Crippen LogP) is 1.21. The number of rotatable bonds is 2. The summed E-state index contributed by atoms with van der Waals surface area (Å²) in [6.07, 6.45) is 0. The minimum absolute atomic E-state index is 0.0345. The lowest BCUT2D eigenvalue weighted by Crippen LogP contribution is -2.15. The Kier molecular flexibility index (Phi) is 2.43. The Morgan fingerprint density at radius 1 is 1.42 bits per heavy atom. The van der Waals surface area contributed by atoms with Gasteiger partial charge >= 0.3 is 0 Å². The van der Waals surface area contributed by atoms with Crippen molar-refractivity contribution in [2.75, 3.05) is 0 Å². The molecule has 0 aliphatic carbocycles. The zero-order valence-corrected chi connectivity index (χ0v) is 7.13. The number of Topliss-reactive ketones (excluding diaryl/α,β-unsaturated/α-hetero) is 1. The van der Waals surface area contributed by atoms with Gasteiger partial charge in [0.15, 0.2) is 5.78 Å². The highest BCUT2D eigenvalue weighted by Gasteiger charge is 2.09. The number of ketones is 1. The van der Waals surface area contributed by atoms with Crippen molar-refractivity contribution in [2.24, 2.45) is 5.92 Å². The van der Waals surface area contributed by atoms with Gasteiger partial charge in [-0.1, -0.05) is 19.9 Å². The first kappa shape index (κ1) is 8.71. The lowest BCUT2D eigenvalue weighted by Gasteiger charge is -2.01. The molecule has 64 valence electrons. The largest absolute Gasteiger partial charge is 0.319 e. The quantitative estimate of drug-likeness (QED) is 0.670. The normalized spacial score (nSPS) is 10.2. The molecule has 0 saturated carbocycles. The third kappa shape index (κ3) is 1.81. The number of aromatic amines is 1. The molecule has 3 heteroatoms. The fraction of sp³-hybridized carbons (Fsp3) is 0.333. The molecule has 0 saturated heterocycles. The Hall–Kier alpha value is -1.38. The van der Waals surface area contributed by atoms with Gasteiger partial charge in [0.1, 0.15) is 0 Å². The molecule has 0 amide bonds. The van der Waals surface area contributed by atoms with Crippen LogP contribution in [0.3, 0.4) is 0 Å². The fourth-order valence-corrected chi connectivity index (χ4v) is 0.903. The van der Waals surface area contributed by atoms with Crippen LogP contribution in [0.25, 0.3) is 0 Å². The highest BCUT2D eigenvalue weighted by Crippen LogP contribution is 2.02. The summed E-state index contributed by atoms with van der Waals surface area (Å²) in [5.41, 5.74) is 0.152. The van der Waals surface area contributed by atoms with Crippen molar-refractivity contribution in [2.45, 2.75) is 13.8 Å². The standard InChI is InChI=1S/C9H11NO2/c1-6(2)9(12)7-4-3-5-8(11)10-7/h3-6H,1-2H3,(H,10,11). The van der Waals surface area contributed by atoms with Crippen LogP contribution in [0.15, 0.2) is 23.0 Å². The van der Waals surface area contributed by atoms with Gasteiger partial charge in [-0.05, 0) is 6.07 Å². The smallest absolute Gasteiger partial charge is 0.248 e. The number of carbonyl (C=O) groups is 1. The van der Waals surface area contributed by atoms with E-state index in [0.717, 1.165) is 0 Å². The van der Waals surface area contributed by atoms with Crippen LogP contribution in [-0.2, 0) is 0 Å². The van der Waals surface area contributed by atoms with Crippen molar-refractivity contribution in [1.82, 2.24) is 4.98 Å². The van der Waals surface area contributed by atoms with E-state index in [1.807, 2.05) is 0 Å². The van der Waals surface area contributed by atoms with Crippen LogP contribution in [0.1, 0.15) is 24.3 Å². The zero-order chi connectivity index (χ0) is 9.14. The minimum atomic E-state index is -0.235. The number of hydrogen-bond acceptors (Lipinski definition) is 2. The molecule has 0 spiro atoms. The maximum atomic E-state index is 11.3. The molecule has 1 rings (SSSR count). The molecule has 0 aromatic carbocycles. The first-order chi connectivity index (χ1) is 5.61. The number of nitrogens with one attached hydrogen (secondary N) is 1. The van der Waals surface area contributed by atoms with Crippen molar-refractivity contribution in [3.05, 3.63) is 34.2 Å². The number of aromatic nitrogens is 1. The van der Waals surface area contributed by atoms with Gasteiger partial charge in [0, 0.05) is 12.0 Å². The Labute approximate surface area is 70.4 Å². The van der Waals surface area contributed by atoms with Gasteiger partial charge in [0.2, 0.25) is 5.56 Å². The summed E-state index contributed by atoms with van der Waals surface area (Å²) < 4.78 is 0. The SMILES string of the molecule is CC(C)C(=O)c1cccc(=O)[nH]1. The van der Waals surface area contributed by atoms with E-state index in [-0.39, 0.29) is 17.3 Å². The second-order valence-electron chi connectivity index (χ2n) is 2.95. The predicted molar refractivity (Wildman–Crippen MR) is 46.2 cm³/mol. The van der Waals surface area contributed by atoms with E-state index in [9.17, 15) is 9.59 Å². The van der Waals surface area contributed by atoms with E-state index < -0.39 is 0 Å². The Morgan fingerprint density at radius 3 is 2.58 bits per heavy atom. The molecule has 0 radical (unpaired) electrons. The molecule has 1 aromatic heterocycles. The van der Waals surface area contributed by atoms with Crippen LogP contribution in [0.2, 0.25) is 0 Å². The third-order valence-corrected chi connectivity index (χ3v) is 1.56. The molecule has 1 aromatic rings. The van der Waals surface area contributed by atoms with Crippen molar-refractivity contribution < 1.29 is 4.79 Å². The molecule has 0 aliphatic heterocycles. The zero-order valence-electron chi connectivity index (χ0n) is 7.13. The van der Waals surface area contributed by atoms with E-state index in [4.69, 9.17) is 0 Å². The molecule has 0 bridgehead atoms. The van der Waals surface area contributed by atoms with Crippen LogP contribution < -0.4 is 5.56 Å². The molecule has 0 unspecified atom stereocenters. The summed E-state index contributed by atoms with van der Waals surface area (Å²) in [6, 6.07) is 4.58. The van der Waals surface area contributed by atoms with Crippen LogP contribution >= 0.6 is 0 Å². The van der Waals surface area contributed by atoms with E-state index in [0.29, 0.717) is 5.69 Å². The average molecular weight is 165 g/mol. The topological polar surface area (TPSA) is 49.9 Å². The van der Waals surface area contributed by atoms with Gasteiger partial charge in [0.25, 0.3) is 0 Å². The fourth-order valence-electron chi connectivity index (χ4n) is 0.903. The van der Waals surface area contributed by atoms with Gasteiger partial charge in [-0.2, -0.15) is 0 Å².